The van der Waals surface area contributed by atoms with E-state index in [4.69, 9.17) is 18.9 Å². The lowest BCUT2D eigenvalue weighted by Crippen LogP contribution is -2.13. The SMILES string of the molecule is COc1ccc(C(=O)Nc2ccc(OC)c(OC)c2)cc1COc1ccc(-c2ccccc2)cc1. The van der Waals surface area contributed by atoms with Gasteiger partial charge in [0, 0.05) is 22.9 Å². The van der Waals surface area contributed by atoms with Gasteiger partial charge in [-0.05, 0) is 53.6 Å². The van der Waals surface area contributed by atoms with E-state index in [1.54, 1.807) is 57.7 Å². The Bertz CT molecular complexity index is 1290. The number of benzene rings is 4. The van der Waals surface area contributed by atoms with Crippen LogP contribution in [-0.4, -0.2) is 27.2 Å². The van der Waals surface area contributed by atoms with E-state index in [-0.39, 0.29) is 12.5 Å². The fraction of sp³-hybridized carbons (Fsp3) is 0.138. The maximum Gasteiger partial charge on any atom is 0.255 e. The van der Waals surface area contributed by atoms with Crippen LogP contribution in [0.25, 0.3) is 11.1 Å². The lowest BCUT2D eigenvalue weighted by atomic mass is 10.1. The van der Waals surface area contributed by atoms with Crippen molar-refractivity contribution >= 4 is 11.6 Å². The second-order valence-corrected chi connectivity index (χ2v) is 7.73. The predicted molar refractivity (Wildman–Crippen MR) is 137 cm³/mol. The van der Waals surface area contributed by atoms with Crippen molar-refractivity contribution in [3.8, 4) is 34.1 Å². The Morgan fingerprint density at radius 2 is 1.34 bits per heavy atom. The van der Waals surface area contributed by atoms with Gasteiger partial charge in [0.05, 0.1) is 21.3 Å². The first kappa shape index (κ1) is 23.7. The topological polar surface area (TPSA) is 66.0 Å². The smallest absolute Gasteiger partial charge is 0.255 e. The molecule has 0 fully saturated rings. The van der Waals surface area contributed by atoms with Gasteiger partial charge in [0.1, 0.15) is 18.1 Å². The Labute approximate surface area is 205 Å². The molecular weight excluding hydrogens is 442 g/mol. The van der Waals surface area contributed by atoms with Crippen LogP contribution in [0.5, 0.6) is 23.0 Å². The normalized spacial score (nSPS) is 10.4. The van der Waals surface area contributed by atoms with E-state index in [0.717, 1.165) is 22.4 Å². The van der Waals surface area contributed by atoms with E-state index < -0.39 is 0 Å². The summed E-state index contributed by atoms with van der Waals surface area (Å²) < 4.78 is 22.0. The van der Waals surface area contributed by atoms with Gasteiger partial charge in [-0.2, -0.15) is 0 Å². The Morgan fingerprint density at radius 3 is 2.03 bits per heavy atom. The van der Waals surface area contributed by atoms with Crippen molar-refractivity contribution in [2.45, 2.75) is 6.61 Å². The number of ether oxygens (including phenoxy) is 4. The molecule has 178 valence electrons. The molecule has 4 aromatic carbocycles. The molecule has 1 N–H and O–H groups in total. The first-order chi connectivity index (χ1) is 17.1. The van der Waals surface area contributed by atoms with Crippen molar-refractivity contribution in [2.24, 2.45) is 0 Å². The molecule has 0 saturated carbocycles. The number of amides is 1. The highest BCUT2D eigenvalue weighted by molar-refractivity contribution is 6.04. The third-order valence-electron chi connectivity index (χ3n) is 5.54. The minimum absolute atomic E-state index is 0.255. The zero-order chi connectivity index (χ0) is 24.6. The monoisotopic (exact) mass is 469 g/mol. The van der Waals surface area contributed by atoms with Crippen LogP contribution in [0.3, 0.4) is 0 Å². The molecule has 0 atom stereocenters. The van der Waals surface area contributed by atoms with Gasteiger partial charge in [0.25, 0.3) is 5.91 Å². The first-order valence-corrected chi connectivity index (χ1v) is 11.1. The van der Waals surface area contributed by atoms with Crippen LogP contribution < -0.4 is 24.3 Å². The number of hydrogen-bond donors (Lipinski definition) is 1. The van der Waals surface area contributed by atoms with Crippen LogP contribution >= 0.6 is 0 Å². The quantitative estimate of drug-likeness (QED) is 0.316. The Hall–Kier alpha value is -4.45. The van der Waals surface area contributed by atoms with Gasteiger partial charge in [-0.25, -0.2) is 0 Å². The summed E-state index contributed by atoms with van der Waals surface area (Å²) in [7, 11) is 4.71. The summed E-state index contributed by atoms with van der Waals surface area (Å²) in [5, 5.41) is 2.89. The summed E-state index contributed by atoms with van der Waals surface area (Å²) in [6, 6.07) is 28.5. The number of rotatable bonds is 9. The number of carbonyl (C=O) groups is 1. The summed E-state index contributed by atoms with van der Waals surface area (Å²) in [6.07, 6.45) is 0. The second-order valence-electron chi connectivity index (χ2n) is 7.73. The molecular formula is C29H27NO5. The summed E-state index contributed by atoms with van der Waals surface area (Å²) in [5.41, 5.74) is 4.11. The molecule has 0 aliphatic rings. The first-order valence-electron chi connectivity index (χ1n) is 11.1. The zero-order valence-electron chi connectivity index (χ0n) is 19.9. The lowest BCUT2D eigenvalue weighted by molar-refractivity contribution is 0.102. The van der Waals surface area contributed by atoms with Gasteiger partial charge in [0.2, 0.25) is 0 Å². The van der Waals surface area contributed by atoms with Crippen LogP contribution in [0, 0.1) is 0 Å². The number of anilines is 1. The van der Waals surface area contributed by atoms with Gasteiger partial charge >= 0.3 is 0 Å². The van der Waals surface area contributed by atoms with Crippen LogP contribution in [-0.2, 0) is 6.61 Å². The highest BCUT2D eigenvalue weighted by Crippen LogP contribution is 2.30. The maximum absolute atomic E-state index is 12.9. The minimum atomic E-state index is -0.256. The van der Waals surface area contributed by atoms with Crippen LogP contribution in [0.15, 0.2) is 91.0 Å². The third-order valence-corrected chi connectivity index (χ3v) is 5.54. The molecule has 0 aliphatic heterocycles. The number of hydrogen-bond acceptors (Lipinski definition) is 5. The maximum atomic E-state index is 12.9. The molecule has 6 nitrogen and oxygen atoms in total. The van der Waals surface area contributed by atoms with E-state index in [1.165, 1.54) is 0 Å². The van der Waals surface area contributed by atoms with E-state index in [1.807, 2.05) is 42.5 Å². The van der Waals surface area contributed by atoms with Crippen molar-refractivity contribution in [1.29, 1.82) is 0 Å². The standard InChI is InChI=1S/C29H27NO5/c1-32-26-15-11-22(29(31)30-24-12-16-27(33-2)28(18-24)34-3)17-23(26)19-35-25-13-9-21(10-14-25)20-7-5-4-6-8-20/h4-18H,19H2,1-3H3,(H,30,31). The molecule has 4 rings (SSSR count). The minimum Gasteiger partial charge on any atom is -0.496 e. The lowest BCUT2D eigenvalue weighted by Gasteiger charge is -2.13. The van der Waals surface area contributed by atoms with E-state index in [9.17, 15) is 4.79 Å². The van der Waals surface area contributed by atoms with Crippen molar-refractivity contribution in [3.05, 3.63) is 102 Å². The molecule has 0 unspecified atom stereocenters. The molecule has 6 heteroatoms. The summed E-state index contributed by atoms with van der Waals surface area (Å²) in [6.45, 7) is 0.255. The molecule has 0 aliphatic carbocycles. The highest BCUT2D eigenvalue weighted by atomic mass is 16.5. The third kappa shape index (κ3) is 5.73. The predicted octanol–water partition coefficient (Wildman–Crippen LogP) is 6.21. The summed E-state index contributed by atoms with van der Waals surface area (Å²) >= 11 is 0. The summed E-state index contributed by atoms with van der Waals surface area (Å²) in [4.78, 5) is 12.9. The molecule has 1 amide bonds. The van der Waals surface area contributed by atoms with E-state index in [0.29, 0.717) is 28.5 Å². The van der Waals surface area contributed by atoms with Crippen molar-refractivity contribution in [1.82, 2.24) is 0 Å². The molecule has 0 bridgehead atoms. The number of nitrogens with one attached hydrogen (secondary N) is 1. The fourth-order valence-corrected chi connectivity index (χ4v) is 3.69. The van der Waals surface area contributed by atoms with Gasteiger partial charge in [0.15, 0.2) is 11.5 Å². The molecule has 0 spiro atoms. The average Bonchev–Trinajstić information content (AvgIpc) is 2.92. The molecule has 0 saturated heterocycles. The van der Waals surface area contributed by atoms with Crippen molar-refractivity contribution in [2.75, 3.05) is 26.6 Å². The Balaban J connectivity index is 1.46. The van der Waals surface area contributed by atoms with E-state index in [2.05, 4.69) is 17.4 Å². The molecule has 0 aromatic heterocycles. The molecule has 35 heavy (non-hydrogen) atoms. The second kappa shape index (κ2) is 11.1. The van der Waals surface area contributed by atoms with Crippen LogP contribution in [0.2, 0.25) is 0 Å². The van der Waals surface area contributed by atoms with E-state index >= 15 is 0 Å². The fourth-order valence-electron chi connectivity index (χ4n) is 3.69. The molecule has 0 radical (unpaired) electrons. The van der Waals surface area contributed by atoms with Crippen LogP contribution in [0.1, 0.15) is 15.9 Å². The average molecular weight is 470 g/mol. The number of carbonyl (C=O) groups excluding carboxylic acids is 1. The Morgan fingerprint density at radius 1 is 0.686 bits per heavy atom. The van der Waals surface area contributed by atoms with Crippen molar-refractivity contribution in [3.63, 3.8) is 0 Å². The Kier molecular flexibility index (Phi) is 7.53. The molecule has 0 heterocycles. The summed E-state index contributed by atoms with van der Waals surface area (Å²) in [5.74, 6) is 2.24. The van der Waals surface area contributed by atoms with Crippen LogP contribution in [0.4, 0.5) is 5.69 Å². The van der Waals surface area contributed by atoms with Gasteiger partial charge in [-0.15, -0.1) is 0 Å². The van der Waals surface area contributed by atoms with Gasteiger partial charge in [-0.3, -0.25) is 4.79 Å². The largest absolute Gasteiger partial charge is 0.496 e. The number of methoxy groups -OCH3 is 3. The van der Waals surface area contributed by atoms with Gasteiger partial charge < -0.3 is 24.3 Å². The van der Waals surface area contributed by atoms with Gasteiger partial charge in [-0.1, -0.05) is 42.5 Å². The highest BCUT2D eigenvalue weighted by Gasteiger charge is 2.13. The zero-order valence-corrected chi connectivity index (χ0v) is 19.9. The van der Waals surface area contributed by atoms with Crippen molar-refractivity contribution < 1.29 is 23.7 Å². The molecule has 4 aromatic rings.